The Hall–Kier alpha value is -0.770. The predicted molar refractivity (Wildman–Crippen MR) is 71.7 cm³/mol. The fraction of sp³-hybridized carbons (Fsp3) is 0.538. The minimum Gasteiger partial charge on any atom is -0.380 e. The fourth-order valence-corrected chi connectivity index (χ4v) is 2.51. The minimum absolute atomic E-state index is 0.0202. The number of methoxy groups -OCH3 is 1. The Morgan fingerprint density at radius 3 is 2.82 bits per heavy atom. The van der Waals surface area contributed by atoms with Crippen molar-refractivity contribution >= 4 is 17.3 Å². The molecule has 1 heterocycles. The van der Waals surface area contributed by atoms with Crippen LogP contribution in [-0.4, -0.2) is 26.3 Å². The van der Waals surface area contributed by atoms with Crippen molar-refractivity contribution < 1.29 is 4.74 Å². The summed E-state index contributed by atoms with van der Waals surface area (Å²) in [7, 11) is 1.76. The molecule has 0 spiro atoms. The van der Waals surface area contributed by atoms with Gasteiger partial charge in [0.05, 0.1) is 16.8 Å². The van der Waals surface area contributed by atoms with Gasteiger partial charge in [0.15, 0.2) is 0 Å². The number of ether oxygens (including phenoxy) is 1. The van der Waals surface area contributed by atoms with Crippen molar-refractivity contribution in [3.8, 4) is 0 Å². The van der Waals surface area contributed by atoms with Gasteiger partial charge in [0.25, 0.3) is 0 Å². The molecular formula is C13H19ClN2O. The van der Waals surface area contributed by atoms with Crippen molar-refractivity contribution in [2.24, 2.45) is 5.73 Å². The fourth-order valence-electron chi connectivity index (χ4n) is 2.20. The van der Waals surface area contributed by atoms with Crippen LogP contribution in [0.3, 0.4) is 0 Å². The van der Waals surface area contributed by atoms with E-state index in [4.69, 9.17) is 22.1 Å². The monoisotopic (exact) mass is 254 g/mol. The first-order chi connectivity index (χ1) is 8.11. The first kappa shape index (κ1) is 12.7. The van der Waals surface area contributed by atoms with Gasteiger partial charge < -0.3 is 15.4 Å². The molecule has 0 saturated carbocycles. The molecule has 2 rings (SSSR count). The lowest BCUT2D eigenvalue weighted by Crippen LogP contribution is -2.22. The van der Waals surface area contributed by atoms with Crippen LogP contribution in [0.5, 0.6) is 0 Å². The van der Waals surface area contributed by atoms with Gasteiger partial charge in [0.2, 0.25) is 0 Å². The third-order valence-electron chi connectivity index (χ3n) is 3.32. The topological polar surface area (TPSA) is 38.5 Å². The summed E-state index contributed by atoms with van der Waals surface area (Å²) >= 11 is 6.31. The van der Waals surface area contributed by atoms with Gasteiger partial charge in [-0.25, -0.2) is 0 Å². The highest BCUT2D eigenvalue weighted by atomic mass is 35.5. The molecule has 1 aliphatic rings. The number of nitrogens with two attached hydrogens (primary N) is 1. The first-order valence-electron chi connectivity index (χ1n) is 5.94. The lowest BCUT2D eigenvalue weighted by Gasteiger charge is -2.20. The molecule has 2 unspecified atom stereocenters. The Morgan fingerprint density at radius 1 is 1.53 bits per heavy atom. The summed E-state index contributed by atoms with van der Waals surface area (Å²) in [4.78, 5) is 2.27. The molecule has 2 atom stereocenters. The van der Waals surface area contributed by atoms with E-state index in [0.717, 1.165) is 35.8 Å². The summed E-state index contributed by atoms with van der Waals surface area (Å²) in [6.45, 7) is 3.87. The maximum atomic E-state index is 6.31. The lowest BCUT2D eigenvalue weighted by molar-refractivity contribution is 0.121. The molecule has 0 aliphatic carbocycles. The van der Waals surface area contributed by atoms with E-state index in [1.54, 1.807) is 7.11 Å². The number of rotatable bonds is 3. The van der Waals surface area contributed by atoms with E-state index in [1.807, 2.05) is 19.1 Å². The van der Waals surface area contributed by atoms with Gasteiger partial charge in [-0.2, -0.15) is 0 Å². The molecule has 0 aromatic heterocycles. The zero-order valence-electron chi connectivity index (χ0n) is 10.3. The van der Waals surface area contributed by atoms with Crippen molar-refractivity contribution in [2.75, 3.05) is 25.1 Å². The van der Waals surface area contributed by atoms with Crippen molar-refractivity contribution in [1.82, 2.24) is 0 Å². The molecule has 2 N–H and O–H groups in total. The van der Waals surface area contributed by atoms with E-state index in [9.17, 15) is 0 Å². The Bertz CT molecular complexity index is 395. The average Bonchev–Trinajstić information content (AvgIpc) is 2.77. The zero-order valence-corrected chi connectivity index (χ0v) is 11.1. The number of benzene rings is 1. The van der Waals surface area contributed by atoms with E-state index in [2.05, 4.69) is 11.0 Å². The number of anilines is 1. The van der Waals surface area contributed by atoms with Crippen LogP contribution in [0.2, 0.25) is 5.02 Å². The largest absolute Gasteiger partial charge is 0.380 e. The molecule has 1 aliphatic heterocycles. The van der Waals surface area contributed by atoms with Gasteiger partial charge in [-0.15, -0.1) is 0 Å². The quantitative estimate of drug-likeness (QED) is 0.901. The Balaban J connectivity index is 2.17. The lowest BCUT2D eigenvalue weighted by atomic mass is 10.1. The van der Waals surface area contributed by atoms with E-state index in [-0.39, 0.29) is 6.04 Å². The van der Waals surface area contributed by atoms with Crippen molar-refractivity contribution in [2.45, 2.75) is 25.5 Å². The van der Waals surface area contributed by atoms with Crippen molar-refractivity contribution in [1.29, 1.82) is 0 Å². The average molecular weight is 255 g/mol. The van der Waals surface area contributed by atoms with Gasteiger partial charge in [0, 0.05) is 26.2 Å². The minimum atomic E-state index is 0.0202. The van der Waals surface area contributed by atoms with Crippen molar-refractivity contribution in [3.63, 3.8) is 0 Å². The Labute approximate surface area is 107 Å². The second-order valence-corrected chi connectivity index (χ2v) is 5.00. The summed E-state index contributed by atoms with van der Waals surface area (Å²) in [6, 6.07) is 6.08. The predicted octanol–water partition coefficient (Wildman–Crippen LogP) is 2.58. The molecule has 0 radical (unpaired) electrons. The molecule has 1 aromatic carbocycles. The smallest absolute Gasteiger partial charge is 0.0762 e. The molecule has 1 aromatic rings. The van der Waals surface area contributed by atoms with Crippen LogP contribution in [0, 0.1) is 0 Å². The van der Waals surface area contributed by atoms with E-state index < -0.39 is 0 Å². The molecule has 1 saturated heterocycles. The molecule has 17 heavy (non-hydrogen) atoms. The van der Waals surface area contributed by atoms with Gasteiger partial charge in [-0.1, -0.05) is 17.7 Å². The summed E-state index contributed by atoms with van der Waals surface area (Å²) in [5, 5.41) is 0.775. The maximum absolute atomic E-state index is 6.31. The molecular weight excluding hydrogens is 236 g/mol. The molecule has 0 amide bonds. The van der Waals surface area contributed by atoms with Gasteiger partial charge in [0.1, 0.15) is 0 Å². The summed E-state index contributed by atoms with van der Waals surface area (Å²) in [6.07, 6.45) is 1.38. The molecule has 1 fully saturated rings. The summed E-state index contributed by atoms with van der Waals surface area (Å²) in [5.41, 5.74) is 7.99. The molecule has 94 valence electrons. The van der Waals surface area contributed by atoms with Gasteiger partial charge in [-0.05, 0) is 31.0 Å². The summed E-state index contributed by atoms with van der Waals surface area (Å²) in [5.74, 6) is 0. The maximum Gasteiger partial charge on any atom is 0.0762 e. The normalized spacial score (nSPS) is 21.9. The van der Waals surface area contributed by atoms with E-state index >= 15 is 0 Å². The van der Waals surface area contributed by atoms with Crippen molar-refractivity contribution in [3.05, 3.63) is 28.8 Å². The molecule has 4 heteroatoms. The third kappa shape index (κ3) is 2.73. The molecule has 0 bridgehead atoms. The third-order valence-corrected chi connectivity index (χ3v) is 3.62. The SMILES string of the molecule is COC1CCN(c2ccc(C(C)N)cc2Cl)C1. The standard InChI is InChI=1S/C13H19ClN2O/c1-9(15)10-3-4-13(12(14)7-10)16-6-5-11(8-16)17-2/h3-4,7,9,11H,5-6,8,15H2,1-2H3. The van der Waals surface area contributed by atoms with Gasteiger partial charge in [-0.3, -0.25) is 0 Å². The van der Waals surface area contributed by atoms with Crippen LogP contribution in [0.1, 0.15) is 24.9 Å². The highest BCUT2D eigenvalue weighted by Gasteiger charge is 2.23. The zero-order chi connectivity index (χ0) is 12.4. The van der Waals surface area contributed by atoms with Crippen LogP contribution in [0.4, 0.5) is 5.69 Å². The highest BCUT2D eigenvalue weighted by molar-refractivity contribution is 6.33. The number of hydrogen-bond donors (Lipinski definition) is 1. The highest BCUT2D eigenvalue weighted by Crippen LogP contribution is 2.31. The van der Waals surface area contributed by atoms with Crippen LogP contribution >= 0.6 is 11.6 Å². The number of hydrogen-bond acceptors (Lipinski definition) is 3. The van der Waals surface area contributed by atoms with Crippen LogP contribution in [-0.2, 0) is 4.74 Å². The van der Waals surface area contributed by atoms with Crippen LogP contribution in [0.15, 0.2) is 18.2 Å². The second-order valence-electron chi connectivity index (χ2n) is 4.59. The van der Waals surface area contributed by atoms with Crippen LogP contribution < -0.4 is 10.6 Å². The molecule has 3 nitrogen and oxygen atoms in total. The van der Waals surface area contributed by atoms with Crippen LogP contribution in [0.25, 0.3) is 0 Å². The van der Waals surface area contributed by atoms with Gasteiger partial charge >= 0.3 is 0 Å². The van der Waals surface area contributed by atoms with E-state index in [0.29, 0.717) is 6.10 Å². The number of nitrogens with zero attached hydrogens (tertiary/aromatic N) is 1. The summed E-state index contributed by atoms with van der Waals surface area (Å²) < 4.78 is 5.36. The Kier molecular flexibility index (Phi) is 3.92. The number of halogens is 1. The first-order valence-corrected chi connectivity index (χ1v) is 6.32. The van der Waals surface area contributed by atoms with E-state index in [1.165, 1.54) is 0 Å². The second kappa shape index (κ2) is 5.25. The Morgan fingerprint density at radius 2 is 2.29 bits per heavy atom.